The van der Waals surface area contributed by atoms with Crippen molar-refractivity contribution >= 4 is 28.7 Å². The molecule has 2 aromatic rings. The number of thiophene rings is 1. The first kappa shape index (κ1) is 18.6. The zero-order chi connectivity index (χ0) is 18.4. The van der Waals surface area contributed by atoms with Crippen LogP contribution in [0.3, 0.4) is 0 Å². The number of methoxy groups -OCH3 is 4. The Labute approximate surface area is 150 Å². The second-order valence-electron chi connectivity index (χ2n) is 4.88. The third kappa shape index (κ3) is 4.03. The molecule has 25 heavy (non-hydrogen) atoms. The molecule has 0 amide bonds. The van der Waals surface area contributed by atoms with E-state index in [1.165, 1.54) is 18.4 Å². The fraction of sp³-hybridized carbons (Fsp3) is 0.294. The number of benzene rings is 1. The number of anilines is 1. The summed E-state index contributed by atoms with van der Waals surface area (Å²) >= 11 is 1.28. The number of hydrazone groups is 1. The maximum Gasteiger partial charge on any atom is 0.350 e. The number of hydrogen-bond donors (Lipinski definition) is 1. The third-order valence-electron chi connectivity index (χ3n) is 3.46. The average molecular weight is 364 g/mol. The van der Waals surface area contributed by atoms with Gasteiger partial charge in [-0.05, 0) is 30.5 Å². The maximum atomic E-state index is 11.7. The largest absolute Gasteiger partial charge is 0.493 e. The molecular formula is C17H20N2O5S. The van der Waals surface area contributed by atoms with Gasteiger partial charge in [-0.25, -0.2) is 4.79 Å². The highest BCUT2D eigenvalue weighted by Gasteiger charge is 2.15. The average Bonchev–Trinajstić information content (AvgIpc) is 3.12. The fourth-order valence-electron chi connectivity index (χ4n) is 2.15. The summed E-state index contributed by atoms with van der Waals surface area (Å²) in [6.45, 7) is 1.83. The second-order valence-corrected chi connectivity index (χ2v) is 5.79. The predicted octanol–water partition coefficient (Wildman–Crippen LogP) is 3.40. The standard InChI is InChI=1S/C17H20N2O5S/c1-10(18-19-12-6-7-25-16(12)17(20)24-5)11-8-13(21-2)15(23-4)14(9-11)22-3/h6-9,19H,1-5H3. The van der Waals surface area contributed by atoms with Gasteiger partial charge in [-0.1, -0.05) is 0 Å². The van der Waals surface area contributed by atoms with Crippen molar-refractivity contribution < 1.29 is 23.7 Å². The first-order valence-corrected chi connectivity index (χ1v) is 8.20. The first-order valence-electron chi connectivity index (χ1n) is 7.32. The van der Waals surface area contributed by atoms with Crippen molar-refractivity contribution in [3.8, 4) is 17.2 Å². The summed E-state index contributed by atoms with van der Waals surface area (Å²) in [6, 6.07) is 5.37. The van der Waals surface area contributed by atoms with E-state index < -0.39 is 5.97 Å². The van der Waals surface area contributed by atoms with Crippen LogP contribution in [0.4, 0.5) is 5.69 Å². The fourth-order valence-corrected chi connectivity index (χ4v) is 2.91. The van der Waals surface area contributed by atoms with Crippen molar-refractivity contribution in [1.29, 1.82) is 0 Å². The van der Waals surface area contributed by atoms with Crippen LogP contribution in [0, 0.1) is 0 Å². The van der Waals surface area contributed by atoms with Crippen LogP contribution in [-0.2, 0) is 4.74 Å². The molecule has 8 heteroatoms. The number of nitrogens with zero attached hydrogens (tertiary/aromatic N) is 1. The van der Waals surface area contributed by atoms with Gasteiger partial charge in [0, 0.05) is 5.56 Å². The van der Waals surface area contributed by atoms with Gasteiger partial charge in [0.2, 0.25) is 5.75 Å². The Bertz CT molecular complexity index is 760. The zero-order valence-corrected chi connectivity index (χ0v) is 15.5. The Morgan fingerprint density at radius 2 is 1.72 bits per heavy atom. The Morgan fingerprint density at radius 3 is 2.24 bits per heavy atom. The predicted molar refractivity (Wildman–Crippen MR) is 97.6 cm³/mol. The van der Waals surface area contributed by atoms with Crippen molar-refractivity contribution in [2.24, 2.45) is 5.10 Å². The van der Waals surface area contributed by atoms with Crippen LogP contribution in [0.1, 0.15) is 22.2 Å². The smallest absolute Gasteiger partial charge is 0.350 e. The number of carbonyl (C=O) groups is 1. The summed E-state index contributed by atoms with van der Waals surface area (Å²) in [7, 11) is 6.00. The molecule has 134 valence electrons. The van der Waals surface area contributed by atoms with Crippen molar-refractivity contribution in [2.75, 3.05) is 33.9 Å². The normalized spacial score (nSPS) is 11.0. The molecule has 0 aliphatic heterocycles. The van der Waals surface area contributed by atoms with Crippen LogP contribution in [0.25, 0.3) is 0 Å². The summed E-state index contributed by atoms with van der Waals surface area (Å²) in [5.41, 5.74) is 4.95. The van der Waals surface area contributed by atoms with E-state index in [1.54, 1.807) is 44.9 Å². The lowest BCUT2D eigenvalue weighted by atomic mass is 10.1. The van der Waals surface area contributed by atoms with E-state index in [4.69, 9.17) is 18.9 Å². The molecule has 0 atom stereocenters. The van der Waals surface area contributed by atoms with E-state index in [2.05, 4.69) is 10.5 Å². The molecule has 1 heterocycles. The van der Waals surface area contributed by atoms with Crippen LogP contribution in [0.2, 0.25) is 0 Å². The lowest BCUT2D eigenvalue weighted by Crippen LogP contribution is -2.05. The highest BCUT2D eigenvalue weighted by Crippen LogP contribution is 2.38. The van der Waals surface area contributed by atoms with Crippen molar-refractivity contribution in [2.45, 2.75) is 6.92 Å². The monoisotopic (exact) mass is 364 g/mol. The molecule has 7 nitrogen and oxygen atoms in total. The number of hydrogen-bond acceptors (Lipinski definition) is 8. The van der Waals surface area contributed by atoms with E-state index in [9.17, 15) is 4.79 Å². The van der Waals surface area contributed by atoms with Gasteiger partial charge < -0.3 is 18.9 Å². The van der Waals surface area contributed by atoms with Crippen molar-refractivity contribution in [1.82, 2.24) is 0 Å². The molecule has 0 unspecified atom stereocenters. The van der Waals surface area contributed by atoms with Crippen LogP contribution >= 0.6 is 11.3 Å². The van der Waals surface area contributed by atoms with Crippen molar-refractivity contribution in [3.63, 3.8) is 0 Å². The molecule has 0 fully saturated rings. The SMILES string of the molecule is COC(=O)c1sccc1NN=C(C)c1cc(OC)c(OC)c(OC)c1. The number of rotatable bonds is 7. The van der Waals surface area contributed by atoms with Crippen LogP contribution < -0.4 is 19.6 Å². The molecule has 0 aliphatic carbocycles. The molecule has 0 spiro atoms. The Kier molecular flexibility index (Phi) is 6.24. The molecule has 0 aliphatic rings. The van der Waals surface area contributed by atoms with E-state index in [0.29, 0.717) is 33.5 Å². The molecule has 1 aromatic carbocycles. The second kappa shape index (κ2) is 8.39. The van der Waals surface area contributed by atoms with Crippen LogP contribution in [0.15, 0.2) is 28.7 Å². The molecule has 0 radical (unpaired) electrons. The topological polar surface area (TPSA) is 78.4 Å². The van der Waals surface area contributed by atoms with Gasteiger partial charge in [0.15, 0.2) is 11.5 Å². The van der Waals surface area contributed by atoms with Crippen LogP contribution in [-0.4, -0.2) is 40.1 Å². The summed E-state index contributed by atoms with van der Waals surface area (Å²) in [4.78, 5) is 12.2. The zero-order valence-electron chi connectivity index (χ0n) is 14.7. The molecule has 2 rings (SSSR count). The molecule has 0 saturated carbocycles. The Balaban J connectivity index is 2.31. The number of esters is 1. The highest BCUT2D eigenvalue weighted by atomic mass is 32.1. The maximum absolute atomic E-state index is 11.7. The van der Waals surface area contributed by atoms with Crippen LogP contribution in [0.5, 0.6) is 17.2 Å². The van der Waals surface area contributed by atoms with Gasteiger partial charge in [-0.2, -0.15) is 5.10 Å². The molecule has 1 N–H and O–H groups in total. The molecule has 0 bridgehead atoms. The van der Waals surface area contributed by atoms with Gasteiger partial charge in [0.1, 0.15) is 4.88 Å². The Hall–Kier alpha value is -2.74. The minimum absolute atomic E-state index is 0.405. The van der Waals surface area contributed by atoms with Crippen molar-refractivity contribution in [3.05, 3.63) is 34.0 Å². The van der Waals surface area contributed by atoms with Gasteiger partial charge in [0.05, 0.1) is 39.8 Å². The summed E-state index contributed by atoms with van der Waals surface area (Å²) in [5, 5.41) is 6.12. The van der Waals surface area contributed by atoms with E-state index in [1.807, 2.05) is 6.92 Å². The van der Waals surface area contributed by atoms with E-state index >= 15 is 0 Å². The molecule has 0 saturated heterocycles. The summed E-state index contributed by atoms with van der Waals surface area (Å²) in [6.07, 6.45) is 0. The third-order valence-corrected chi connectivity index (χ3v) is 4.36. The number of ether oxygens (including phenoxy) is 4. The lowest BCUT2D eigenvalue weighted by Gasteiger charge is -2.14. The van der Waals surface area contributed by atoms with E-state index in [-0.39, 0.29) is 0 Å². The van der Waals surface area contributed by atoms with Gasteiger partial charge in [-0.3, -0.25) is 5.43 Å². The summed E-state index contributed by atoms with van der Waals surface area (Å²) < 4.78 is 20.7. The molecule has 1 aromatic heterocycles. The minimum Gasteiger partial charge on any atom is -0.493 e. The minimum atomic E-state index is -0.405. The van der Waals surface area contributed by atoms with E-state index in [0.717, 1.165) is 5.56 Å². The van der Waals surface area contributed by atoms with Gasteiger partial charge >= 0.3 is 5.97 Å². The lowest BCUT2D eigenvalue weighted by molar-refractivity contribution is 0.0607. The highest BCUT2D eigenvalue weighted by molar-refractivity contribution is 7.12. The molecular weight excluding hydrogens is 344 g/mol. The quantitative estimate of drug-likeness (QED) is 0.461. The Morgan fingerprint density at radius 1 is 1.08 bits per heavy atom. The number of carbonyl (C=O) groups excluding carboxylic acids is 1. The van der Waals surface area contributed by atoms with Gasteiger partial charge in [-0.15, -0.1) is 11.3 Å². The first-order chi connectivity index (χ1) is 12.0. The number of nitrogens with one attached hydrogen (secondary N) is 1. The van der Waals surface area contributed by atoms with Gasteiger partial charge in [0.25, 0.3) is 0 Å². The summed E-state index contributed by atoms with van der Waals surface area (Å²) in [5.74, 6) is 1.19.